The molecule has 154 valence electrons. The smallest absolute Gasteiger partial charge is 0.338 e. The Bertz CT molecular complexity index is 1030. The normalized spacial score (nSPS) is 10.4. The van der Waals surface area contributed by atoms with Gasteiger partial charge < -0.3 is 14.2 Å². The summed E-state index contributed by atoms with van der Waals surface area (Å²) in [6, 6.07) is 19.6. The topological polar surface area (TPSA) is 61.8 Å². The summed E-state index contributed by atoms with van der Waals surface area (Å²) in [6.45, 7) is -0.0471. The third-order valence-electron chi connectivity index (χ3n) is 4.19. The zero-order chi connectivity index (χ0) is 21.5. The molecule has 0 heterocycles. The van der Waals surface area contributed by atoms with Crippen LogP contribution >= 0.6 is 31.9 Å². The quantitative estimate of drug-likeness (QED) is 0.269. The van der Waals surface area contributed by atoms with Crippen molar-refractivity contribution in [1.82, 2.24) is 0 Å². The van der Waals surface area contributed by atoms with Crippen LogP contribution in [0.1, 0.15) is 26.3 Å². The minimum absolute atomic E-state index is 0.245. The Labute approximate surface area is 191 Å². The number of esters is 1. The number of methoxy groups -OCH3 is 1. The van der Waals surface area contributed by atoms with Crippen molar-refractivity contribution in [2.24, 2.45) is 0 Å². The van der Waals surface area contributed by atoms with Crippen molar-refractivity contribution < 1.29 is 23.8 Å². The SMILES string of the molecule is COc1c(Br)cc(C(=O)OCC(=O)c2ccc(Br)cc2)cc1OCc1ccccc1. The van der Waals surface area contributed by atoms with Gasteiger partial charge in [0.15, 0.2) is 23.9 Å². The molecule has 0 atom stereocenters. The van der Waals surface area contributed by atoms with Gasteiger partial charge in [0.2, 0.25) is 0 Å². The van der Waals surface area contributed by atoms with Gasteiger partial charge in [0.05, 0.1) is 17.1 Å². The molecule has 0 saturated carbocycles. The largest absolute Gasteiger partial charge is 0.492 e. The fourth-order valence-electron chi connectivity index (χ4n) is 2.66. The molecule has 0 fully saturated rings. The Morgan fingerprint density at radius 3 is 2.27 bits per heavy atom. The van der Waals surface area contributed by atoms with Crippen molar-refractivity contribution in [3.05, 3.63) is 92.4 Å². The minimum atomic E-state index is -0.631. The zero-order valence-corrected chi connectivity index (χ0v) is 19.2. The van der Waals surface area contributed by atoms with Gasteiger partial charge in [0.1, 0.15) is 6.61 Å². The van der Waals surface area contributed by atoms with E-state index in [-0.39, 0.29) is 18.0 Å². The third kappa shape index (κ3) is 5.70. The van der Waals surface area contributed by atoms with E-state index in [2.05, 4.69) is 31.9 Å². The van der Waals surface area contributed by atoms with Gasteiger partial charge in [0, 0.05) is 10.0 Å². The number of carbonyl (C=O) groups is 2. The van der Waals surface area contributed by atoms with E-state index in [9.17, 15) is 9.59 Å². The molecule has 0 aromatic heterocycles. The second kappa shape index (κ2) is 10.4. The van der Waals surface area contributed by atoms with Crippen LogP contribution in [-0.4, -0.2) is 25.5 Å². The number of Topliss-reactive ketones (excluding diaryl/α,β-unsaturated/α-hetero) is 1. The first-order valence-electron chi connectivity index (χ1n) is 8.98. The maximum Gasteiger partial charge on any atom is 0.338 e. The van der Waals surface area contributed by atoms with E-state index in [0.29, 0.717) is 28.1 Å². The molecule has 0 amide bonds. The fourth-order valence-corrected chi connectivity index (χ4v) is 3.53. The maximum absolute atomic E-state index is 12.5. The maximum atomic E-state index is 12.5. The van der Waals surface area contributed by atoms with Crippen LogP contribution in [0.3, 0.4) is 0 Å². The van der Waals surface area contributed by atoms with Crippen molar-refractivity contribution in [3.8, 4) is 11.5 Å². The standard InChI is InChI=1S/C23H18Br2O5/c1-28-22-19(25)11-17(12-21(22)29-13-15-5-3-2-4-6-15)23(27)30-14-20(26)16-7-9-18(24)10-8-16/h2-12H,13-14H2,1H3. The molecule has 0 aliphatic rings. The highest BCUT2D eigenvalue weighted by atomic mass is 79.9. The lowest BCUT2D eigenvalue weighted by molar-refractivity contribution is 0.0474. The Morgan fingerprint density at radius 2 is 1.60 bits per heavy atom. The van der Waals surface area contributed by atoms with Crippen molar-refractivity contribution in [2.45, 2.75) is 6.61 Å². The van der Waals surface area contributed by atoms with E-state index in [4.69, 9.17) is 14.2 Å². The van der Waals surface area contributed by atoms with Gasteiger partial charge in [-0.2, -0.15) is 0 Å². The molecule has 0 N–H and O–H groups in total. The summed E-state index contributed by atoms with van der Waals surface area (Å²) in [4.78, 5) is 24.8. The number of ketones is 1. The number of carbonyl (C=O) groups excluding carboxylic acids is 2. The number of hydrogen-bond acceptors (Lipinski definition) is 5. The minimum Gasteiger partial charge on any atom is -0.492 e. The van der Waals surface area contributed by atoms with Crippen molar-refractivity contribution in [2.75, 3.05) is 13.7 Å². The molecule has 3 rings (SSSR count). The van der Waals surface area contributed by atoms with Crippen LogP contribution in [0, 0.1) is 0 Å². The highest BCUT2D eigenvalue weighted by Crippen LogP contribution is 2.37. The van der Waals surface area contributed by atoms with Gasteiger partial charge in [0.25, 0.3) is 0 Å². The third-order valence-corrected chi connectivity index (χ3v) is 5.30. The highest BCUT2D eigenvalue weighted by molar-refractivity contribution is 9.10. The van der Waals surface area contributed by atoms with Crippen LogP contribution in [0.2, 0.25) is 0 Å². The molecule has 30 heavy (non-hydrogen) atoms. The molecule has 0 radical (unpaired) electrons. The Kier molecular flexibility index (Phi) is 7.65. The molecular weight excluding hydrogens is 516 g/mol. The van der Waals surface area contributed by atoms with E-state index in [1.54, 1.807) is 36.4 Å². The van der Waals surface area contributed by atoms with Crippen LogP contribution in [0.15, 0.2) is 75.7 Å². The first-order valence-corrected chi connectivity index (χ1v) is 10.6. The van der Waals surface area contributed by atoms with E-state index in [1.165, 1.54) is 7.11 Å². The van der Waals surface area contributed by atoms with Crippen LogP contribution < -0.4 is 9.47 Å². The number of halogens is 2. The first kappa shape index (κ1) is 22.1. The van der Waals surface area contributed by atoms with Crippen LogP contribution in [0.5, 0.6) is 11.5 Å². The Morgan fingerprint density at radius 1 is 0.900 bits per heavy atom. The predicted octanol–water partition coefficient (Wildman–Crippen LogP) is 5.84. The lowest BCUT2D eigenvalue weighted by Crippen LogP contribution is -2.14. The van der Waals surface area contributed by atoms with Gasteiger partial charge in [-0.25, -0.2) is 4.79 Å². The van der Waals surface area contributed by atoms with E-state index < -0.39 is 5.97 Å². The van der Waals surface area contributed by atoms with E-state index in [1.807, 2.05) is 30.3 Å². The molecule has 3 aromatic carbocycles. The summed E-state index contributed by atoms with van der Waals surface area (Å²) in [5, 5.41) is 0. The average Bonchev–Trinajstić information content (AvgIpc) is 2.76. The summed E-state index contributed by atoms with van der Waals surface area (Å²) in [7, 11) is 1.52. The highest BCUT2D eigenvalue weighted by Gasteiger charge is 2.18. The second-order valence-electron chi connectivity index (χ2n) is 6.27. The predicted molar refractivity (Wildman–Crippen MR) is 120 cm³/mol. The molecule has 3 aromatic rings. The van der Waals surface area contributed by atoms with Gasteiger partial charge in [-0.3, -0.25) is 4.79 Å². The van der Waals surface area contributed by atoms with Gasteiger partial charge in [-0.15, -0.1) is 0 Å². The Balaban J connectivity index is 1.71. The number of hydrogen-bond donors (Lipinski definition) is 0. The van der Waals surface area contributed by atoms with Gasteiger partial charge >= 0.3 is 5.97 Å². The molecule has 0 aliphatic heterocycles. The summed E-state index contributed by atoms with van der Waals surface area (Å²) in [5.74, 6) is -0.0623. The summed E-state index contributed by atoms with van der Waals surface area (Å²) < 4.78 is 17.9. The summed E-state index contributed by atoms with van der Waals surface area (Å²) in [6.07, 6.45) is 0. The zero-order valence-electron chi connectivity index (χ0n) is 16.1. The van der Waals surface area contributed by atoms with Crippen LogP contribution in [0.25, 0.3) is 0 Å². The molecule has 7 heteroatoms. The first-order chi connectivity index (χ1) is 14.5. The van der Waals surface area contributed by atoms with Gasteiger partial charge in [-0.05, 0) is 45.8 Å². The number of ether oxygens (including phenoxy) is 3. The second-order valence-corrected chi connectivity index (χ2v) is 8.04. The lowest BCUT2D eigenvalue weighted by Gasteiger charge is -2.14. The average molecular weight is 534 g/mol. The summed E-state index contributed by atoms with van der Waals surface area (Å²) in [5.41, 5.74) is 1.69. The van der Waals surface area contributed by atoms with Crippen molar-refractivity contribution in [3.63, 3.8) is 0 Å². The summed E-state index contributed by atoms with van der Waals surface area (Å²) >= 11 is 6.71. The molecule has 5 nitrogen and oxygen atoms in total. The van der Waals surface area contributed by atoms with E-state index in [0.717, 1.165) is 10.0 Å². The molecular formula is C23H18Br2O5. The van der Waals surface area contributed by atoms with Crippen molar-refractivity contribution in [1.29, 1.82) is 0 Å². The van der Waals surface area contributed by atoms with Crippen LogP contribution in [-0.2, 0) is 11.3 Å². The number of rotatable bonds is 8. The molecule has 0 saturated heterocycles. The molecule has 0 bridgehead atoms. The molecule has 0 spiro atoms. The number of benzene rings is 3. The van der Waals surface area contributed by atoms with Crippen molar-refractivity contribution >= 4 is 43.6 Å². The lowest BCUT2D eigenvalue weighted by atomic mass is 10.1. The van der Waals surface area contributed by atoms with Gasteiger partial charge in [-0.1, -0.05) is 58.4 Å². The Hall–Kier alpha value is -2.64. The van der Waals surface area contributed by atoms with Crippen LogP contribution in [0.4, 0.5) is 0 Å². The molecule has 0 unspecified atom stereocenters. The fraction of sp³-hybridized carbons (Fsp3) is 0.130. The monoisotopic (exact) mass is 532 g/mol. The molecule has 0 aliphatic carbocycles. The van der Waals surface area contributed by atoms with E-state index >= 15 is 0 Å².